The Labute approximate surface area is 104 Å². The average molecular weight is 248 g/mol. The zero-order valence-corrected chi connectivity index (χ0v) is 9.94. The van der Waals surface area contributed by atoms with E-state index in [0.717, 1.165) is 11.1 Å². The molecule has 0 aromatic heterocycles. The van der Waals surface area contributed by atoms with Gasteiger partial charge in [0.25, 0.3) is 5.69 Å². The summed E-state index contributed by atoms with van der Waals surface area (Å²) in [5.41, 5.74) is 2.28. The van der Waals surface area contributed by atoms with E-state index < -0.39 is 4.92 Å². The topological polar surface area (TPSA) is 43.1 Å². The Bertz CT molecular complexity index is 581. The Morgan fingerprint density at radius 1 is 1.12 bits per heavy atom. The Hall–Kier alpha value is -1.87. The van der Waals surface area contributed by atoms with Gasteiger partial charge in [-0.25, -0.2) is 0 Å². The lowest BCUT2D eigenvalue weighted by atomic mass is 9.99. The van der Waals surface area contributed by atoms with Crippen LogP contribution in [0.4, 0.5) is 5.69 Å². The molecular formula is C13H10ClNO2. The highest BCUT2D eigenvalue weighted by molar-refractivity contribution is 6.34. The van der Waals surface area contributed by atoms with Crippen molar-refractivity contribution in [2.75, 3.05) is 0 Å². The van der Waals surface area contributed by atoms with E-state index in [0.29, 0.717) is 10.6 Å². The largest absolute Gasteiger partial charge is 0.278 e. The van der Waals surface area contributed by atoms with Crippen LogP contribution in [-0.2, 0) is 0 Å². The second kappa shape index (κ2) is 4.55. The van der Waals surface area contributed by atoms with Crippen LogP contribution in [0.5, 0.6) is 0 Å². The van der Waals surface area contributed by atoms with Gasteiger partial charge < -0.3 is 0 Å². The summed E-state index contributed by atoms with van der Waals surface area (Å²) < 4.78 is 0. The van der Waals surface area contributed by atoms with Crippen molar-refractivity contribution in [3.8, 4) is 11.1 Å². The van der Waals surface area contributed by atoms with E-state index in [-0.39, 0.29) is 5.69 Å². The fraction of sp³-hybridized carbons (Fsp3) is 0.0769. The van der Waals surface area contributed by atoms with E-state index in [4.69, 9.17) is 11.6 Å². The molecule has 3 nitrogen and oxygen atoms in total. The van der Waals surface area contributed by atoms with Crippen molar-refractivity contribution in [2.24, 2.45) is 0 Å². The molecule has 0 saturated carbocycles. The van der Waals surface area contributed by atoms with Crippen LogP contribution < -0.4 is 0 Å². The quantitative estimate of drug-likeness (QED) is 0.589. The number of hydrogen-bond donors (Lipinski definition) is 0. The van der Waals surface area contributed by atoms with Gasteiger partial charge in [-0.1, -0.05) is 41.9 Å². The van der Waals surface area contributed by atoms with Gasteiger partial charge in [0.15, 0.2) is 0 Å². The number of benzene rings is 2. The lowest BCUT2D eigenvalue weighted by Crippen LogP contribution is -1.93. The minimum Gasteiger partial charge on any atom is -0.258 e. The summed E-state index contributed by atoms with van der Waals surface area (Å²) in [6, 6.07) is 12.2. The first-order chi connectivity index (χ1) is 8.11. The maximum Gasteiger partial charge on any atom is 0.278 e. The molecule has 0 fully saturated rings. The zero-order valence-electron chi connectivity index (χ0n) is 9.18. The van der Waals surface area contributed by atoms with Crippen LogP contribution in [0.2, 0.25) is 5.02 Å². The second-order valence-electron chi connectivity index (χ2n) is 3.71. The normalized spacial score (nSPS) is 10.2. The molecule has 0 aliphatic heterocycles. The molecule has 2 aromatic rings. The number of nitrogens with zero attached hydrogens (tertiary/aromatic N) is 1. The molecule has 4 heteroatoms. The third-order valence-corrected chi connectivity index (χ3v) is 2.92. The molecule has 0 bridgehead atoms. The molecule has 0 saturated heterocycles. The molecule has 0 aliphatic carbocycles. The Morgan fingerprint density at radius 3 is 2.47 bits per heavy atom. The van der Waals surface area contributed by atoms with Crippen molar-refractivity contribution in [3.63, 3.8) is 0 Å². The van der Waals surface area contributed by atoms with Gasteiger partial charge in [-0.05, 0) is 24.1 Å². The van der Waals surface area contributed by atoms with Crippen molar-refractivity contribution in [1.29, 1.82) is 0 Å². The number of nitro groups is 1. The van der Waals surface area contributed by atoms with E-state index in [9.17, 15) is 10.1 Å². The van der Waals surface area contributed by atoms with E-state index in [2.05, 4.69) is 0 Å². The minimum absolute atomic E-state index is 0.0341. The number of halogens is 1. The van der Waals surface area contributed by atoms with Gasteiger partial charge in [0.2, 0.25) is 0 Å². The smallest absolute Gasteiger partial charge is 0.258 e. The standard InChI is InChI=1S/C13H10ClNO2/c1-9-5-2-3-6-10(9)13-11(14)7-4-8-12(13)15(16)17/h2-8H,1H3. The fourth-order valence-electron chi connectivity index (χ4n) is 1.78. The summed E-state index contributed by atoms with van der Waals surface area (Å²) in [6.07, 6.45) is 0. The van der Waals surface area contributed by atoms with Crippen LogP contribution in [0.25, 0.3) is 11.1 Å². The van der Waals surface area contributed by atoms with Gasteiger partial charge >= 0.3 is 0 Å². The maximum absolute atomic E-state index is 11.0. The average Bonchev–Trinajstić information content (AvgIpc) is 2.30. The summed E-state index contributed by atoms with van der Waals surface area (Å²) in [5, 5.41) is 11.4. The molecular weight excluding hydrogens is 238 g/mol. The van der Waals surface area contributed by atoms with Crippen LogP contribution >= 0.6 is 11.6 Å². The van der Waals surface area contributed by atoms with E-state index in [1.165, 1.54) is 6.07 Å². The van der Waals surface area contributed by atoms with Gasteiger partial charge in [-0.15, -0.1) is 0 Å². The van der Waals surface area contributed by atoms with Crippen LogP contribution in [0.1, 0.15) is 5.56 Å². The minimum atomic E-state index is -0.409. The summed E-state index contributed by atoms with van der Waals surface area (Å²) in [7, 11) is 0. The molecule has 0 N–H and O–H groups in total. The summed E-state index contributed by atoms with van der Waals surface area (Å²) >= 11 is 6.08. The molecule has 2 aromatic carbocycles. The molecule has 17 heavy (non-hydrogen) atoms. The second-order valence-corrected chi connectivity index (χ2v) is 4.11. The highest BCUT2D eigenvalue weighted by Crippen LogP contribution is 2.37. The number of hydrogen-bond acceptors (Lipinski definition) is 2. The predicted octanol–water partition coefficient (Wildman–Crippen LogP) is 4.22. The maximum atomic E-state index is 11.0. The van der Waals surface area contributed by atoms with Crippen molar-refractivity contribution >= 4 is 17.3 Å². The number of rotatable bonds is 2. The van der Waals surface area contributed by atoms with Crippen LogP contribution in [0, 0.1) is 17.0 Å². The fourth-order valence-corrected chi connectivity index (χ4v) is 2.06. The van der Waals surface area contributed by atoms with Crippen molar-refractivity contribution in [1.82, 2.24) is 0 Å². The monoisotopic (exact) mass is 247 g/mol. The highest BCUT2D eigenvalue weighted by Gasteiger charge is 2.19. The first kappa shape index (κ1) is 11.6. The van der Waals surface area contributed by atoms with E-state index in [1.54, 1.807) is 12.1 Å². The van der Waals surface area contributed by atoms with Gasteiger partial charge in [-0.3, -0.25) is 10.1 Å². The van der Waals surface area contributed by atoms with Crippen LogP contribution in [-0.4, -0.2) is 4.92 Å². The summed E-state index contributed by atoms with van der Waals surface area (Å²) in [6.45, 7) is 1.91. The summed E-state index contributed by atoms with van der Waals surface area (Å²) in [5.74, 6) is 0. The van der Waals surface area contributed by atoms with Crippen LogP contribution in [0.15, 0.2) is 42.5 Å². The molecule has 86 valence electrons. The Morgan fingerprint density at radius 2 is 1.82 bits per heavy atom. The van der Waals surface area contributed by atoms with Crippen LogP contribution in [0.3, 0.4) is 0 Å². The molecule has 0 atom stereocenters. The van der Waals surface area contributed by atoms with Gasteiger partial charge in [0.05, 0.1) is 15.5 Å². The third kappa shape index (κ3) is 2.15. The lowest BCUT2D eigenvalue weighted by Gasteiger charge is -2.08. The van der Waals surface area contributed by atoms with Gasteiger partial charge in [-0.2, -0.15) is 0 Å². The number of nitro benzene ring substituents is 1. The van der Waals surface area contributed by atoms with Crippen molar-refractivity contribution in [3.05, 3.63) is 63.2 Å². The zero-order chi connectivity index (χ0) is 12.4. The number of aryl methyl sites for hydroxylation is 1. The van der Waals surface area contributed by atoms with E-state index >= 15 is 0 Å². The molecule has 2 rings (SSSR count). The molecule has 0 radical (unpaired) electrons. The Balaban J connectivity index is 2.75. The molecule has 0 aliphatic rings. The first-order valence-electron chi connectivity index (χ1n) is 5.10. The van der Waals surface area contributed by atoms with Gasteiger partial charge in [0, 0.05) is 6.07 Å². The predicted molar refractivity (Wildman–Crippen MR) is 68.3 cm³/mol. The lowest BCUT2D eigenvalue weighted by molar-refractivity contribution is -0.384. The molecule has 0 unspecified atom stereocenters. The SMILES string of the molecule is Cc1ccccc1-c1c(Cl)cccc1[N+](=O)[O-]. The van der Waals surface area contributed by atoms with Gasteiger partial charge in [0.1, 0.15) is 0 Å². The first-order valence-corrected chi connectivity index (χ1v) is 5.48. The molecule has 0 heterocycles. The third-order valence-electron chi connectivity index (χ3n) is 2.60. The Kier molecular flexibility index (Phi) is 3.11. The molecule has 0 spiro atoms. The van der Waals surface area contributed by atoms with E-state index in [1.807, 2.05) is 31.2 Å². The molecule has 0 amide bonds. The van der Waals surface area contributed by atoms with Crippen molar-refractivity contribution < 1.29 is 4.92 Å². The van der Waals surface area contributed by atoms with Crippen molar-refractivity contribution in [2.45, 2.75) is 6.92 Å². The summed E-state index contributed by atoms with van der Waals surface area (Å²) in [4.78, 5) is 10.6. The highest BCUT2D eigenvalue weighted by atomic mass is 35.5.